The molecule has 0 bridgehead atoms. The van der Waals surface area contributed by atoms with Crippen molar-refractivity contribution in [1.29, 1.82) is 0 Å². The first-order valence-electron chi connectivity index (χ1n) is 4.78. The monoisotopic (exact) mass is 221 g/mol. The zero-order valence-electron chi connectivity index (χ0n) is 8.55. The highest BCUT2D eigenvalue weighted by atomic mass is 16.5. The summed E-state index contributed by atoms with van der Waals surface area (Å²) in [5.74, 6) is -0.288. The first kappa shape index (κ1) is 10.6. The minimum absolute atomic E-state index is 0.0493. The van der Waals surface area contributed by atoms with Crippen molar-refractivity contribution in [3.63, 3.8) is 0 Å². The lowest BCUT2D eigenvalue weighted by molar-refractivity contribution is -0.159. The molecule has 1 aliphatic rings. The Balaban J connectivity index is 2.13. The Morgan fingerprint density at radius 1 is 1.38 bits per heavy atom. The highest BCUT2D eigenvalue weighted by Gasteiger charge is 2.26. The number of imide groups is 1. The Morgan fingerprint density at radius 2 is 2.06 bits per heavy atom. The number of carbonyl (C=O) groups is 2. The van der Waals surface area contributed by atoms with Crippen molar-refractivity contribution in [2.75, 3.05) is 18.9 Å². The number of amides is 2. The van der Waals surface area contributed by atoms with Crippen molar-refractivity contribution >= 4 is 17.6 Å². The molecule has 1 fully saturated rings. The van der Waals surface area contributed by atoms with E-state index in [1.807, 2.05) is 0 Å². The summed E-state index contributed by atoms with van der Waals surface area (Å²) in [7, 11) is 0. The number of hydrogen-bond donors (Lipinski definition) is 1. The second kappa shape index (κ2) is 4.28. The Bertz CT molecular complexity index is 417. The van der Waals surface area contributed by atoms with E-state index in [1.54, 1.807) is 18.3 Å². The molecule has 84 valence electrons. The summed E-state index contributed by atoms with van der Waals surface area (Å²) in [5.41, 5.74) is 6.28. The number of aromatic nitrogens is 1. The van der Waals surface area contributed by atoms with E-state index in [2.05, 4.69) is 4.98 Å². The molecule has 2 amide bonds. The van der Waals surface area contributed by atoms with Crippen LogP contribution >= 0.6 is 0 Å². The van der Waals surface area contributed by atoms with Crippen LogP contribution in [0.15, 0.2) is 18.3 Å². The quantitative estimate of drug-likeness (QED) is 0.683. The summed E-state index contributed by atoms with van der Waals surface area (Å²) in [6.07, 6.45) is 1.54. The molecule has 6 nitrogen and oxygen atoms in total. The van der Waals surface area contributed by atoms with Gasteiger partial charge in [-0.3, -0.25) is 14.5 Å². The molecule has 0 aromatic carbocycles. The number of nitrogens with two attached hydrogens (primary N) is 1. The number of hydrogen-bond acceptors (Lipinski definition) is 5. The van der Waals surface area contributed by atoms with Crippen LogP contribution < -0.4 is 5.73 Å². The standard InChI is InChI=1S/C10H11N3O3/c11-8-3-7(1-2-12-8)4-13-9(14)5-16-6-10(13)15/h1-3H,4-6H2,(H2,11,12). The minimum Gasteiger partial charge on any atom is -0.384 e. The van der Waals surface area contributed by atoms with Gasteiger partial charge in [-0.05, 0) is 17.7 Å². The Kier molecular flexibility index (Phi) is 2.82. The maximum atomic E-state index is 11.4. The van der Waals surface area contributed by atoms with E-state index >= 15 is 0 Å². The first-order chi connectivity index (χ1) is 7.66. The number of nitrogen functional groups attached to an aromatic ring is 1. The number of nitrogens with zero attached hydrogens (tertiary/aromatic N) is 2. The van der Waals surface area contributed by atoms with E-state index in [0.717, 1.165) is 10.5 Å². The molecular formula is C10H11N3O3. The van der Waals surface area contributed by atoms with Gasteiger partial charge in [0.05, 0.1) is 6.54 Å². The van der Waals surface area contributed by atoms with Gasteiger partial charge >= 0.3 is 0 Å². The van der Waals surface area contributed by atoms with Crippen LogP contribution in [0.4, 0.5) is 5.82 Å². The van der Waals surface area contributed by atoms with Gasteiger partial charge in [0, 0.05) is 6.20 Å². The Hall–Kier alpha value is -1.95. The molecule has 1 saturated heterocycles. The van der Waals surface area contributed by atoms with Gasteiger partial charge in [-0.25, -0.2) is 4.98 Å². The van der Waals surface area contributed by atoms with E-state index in [4.69, 9.17) is 10.5 Å². The normalized spacial score (nSPS) is 16.6. The number of ether oxygens (including phenoxy) is 1. The average Bonchev–Trinajstić information content (AvgIpc) is 2.24. The fraction of sp³-hybridized carbons (Fsp3) is 0.300. The lowest BCUT2D eigenvalue weighted by atomic mass is 10.2. The predicted octanol–water partition coefficient (Wildman–Crippen LogP) is -0.451. The van der Waals surface area contributed by atoms with Crippen LogP contribution in [0.1, 0.15) is 5.56 Å². The van der Waals surface area contributed by atoms with Gasteiger partial charge in [0.25, 0.3) is 11.8 Å². The molecule has 0 radical (unpaired) electrons. The van der Waals surface area contributed by atoms with Crippen LogP contribution in [-0.2, 0) is 20.9 Å². The maximum absolute atomic E-state index is 11.4. The SMILES string of the molecule is Nc1cc(CN2C(=O)COCC2=O)ccn1. The van der Waals surface area contributed by atoms with Crippen molar-refractivity contribution in [2.24, 2.45) is 0 Å². The summed E-state index contributed by atoms with van der Waals surface area (Å²) in [6.45, 7) is 0.117. The Morgan fingerprint density at radius 3 is 2.69 bits per heavy atom. The smallest absolute Gasteiger partial charge is 0.255 e. The molecule has 1 aliphatic heterocycles. The lowest BCUT2D eigenvalue weighted by Gasteiger charge is -2.24. The van der Waals surface area contributed by atoms with Gasteiger partial charge < -0.3 is 10.5 Å². The third-order valence-corrected chi connectivity index (χ3v) is 2.24. The van der Waals surface area contributed by atoms with Gasteiger partial charge in [-0.1, -0.05) is 0 Å². The van der Waals surface area contributed by atoms with Crippen molar-refractivity contribution < 1.29 is 14.3 Å². The number of morpholine rings is 1. The highest BCUT2D eigenvalue weighted by Crippen LogP contribution is 2.10. The van der Waals surface area contributed by atoms with E-state index in [-0.39, 0.29) is 31.6 Å². The van der Waals surface area contributed by atoms with Crippen LogP contribution in [0.25, 0.3) is 0 Å². The van der Waals surface area contributed by atoms with E-state index < -0.39 is 0 Å². The van der Waals surface area contributed by atoms with Crippen LogP contribution in [0, 0.1) is 0 Å². The first-order valence-corrected chi connectivity index (χ1v) is 4.78. The summed E-state index contributed by atoms with van der Waals surface area (Å²) >= 11 is 0. The number of pyridine rings is 1. The molecule has 1 aromatic heterocycles. The van der Waals surface area contributed by atoms with E-state index in [9.17, 15) is 9.59 Å². The summed E-state index contributed by atoms with van der Waals surface area (Å²) < 4.78 is 4.81. The molecular weight excluding hydrogens is 210 g/mol. The maximum Gasteiger partial charge on any atom is 0.255 e. The predicted molar refractivity (Wildman–Crippen MR) is 55.0 cm³/mol. The van der Waals surface area contributed by atoms with E-state index in [0.29, 0.717) is 5.82 Å². The van der Waals surface area contributed by atoms with E-state index in [1.165, 1.54) is 0 Å². The van der Waals surface area contributed by atoms with Crippen LogP contribution in [0.5, 0.6) is 0 Å². The molecule has 0 atom stereocenters. The van der Waals surface area contributed by atoms with Gasteiger partial charge in [0.1, 0.15) is 19.0 Å². The van der Waals surface area contributed by atoms with Crippen molar-refractivity contribution in [1.82, 2.24) is 9.88 Å². The molecule has 2 N–H and O–H groups in total. The number of carbonyl (C=O) groups excluding carboxylic acids is 2. The van der Waals surface area contributed by atoms with Gasteiger partial charge in [-0.2, -0.15) is 0 Å². The van der Waals surface area contributed by atoms with Crippen LogP contribution in [-0.4, -0.2) is 34.9 Å². The molecule has 2 rings (SSSR count). The fourth-order valence-corrected chi connectivity index (χ4v) is 1.47. The highest BCUT2D eigenvalue weighted by molar-refractivity contribution is 5.98. The second-order valence-corrected chi connectivity index (χ2v) is 3.46. The summed E-state index contributed by atoms with van der Waals surface area (Å²) in [5, 5.41) is 0. The van der Waals surface area contributed by atoms with Gasteiger partial charge in [0.2, 0.25) is 0 Å². The van der Waals surface area contributed by atoms with Crippen LogP contribution in [0.2, 0.25) is 0 Å². The average molecular weight is 221 g/mol. The second-order valence-electron chi connectivity index (χ2n) is 3.46. The van der Waals surface area contributed by atoms with Crippen molar-refractivity contribution in [3.05, 3.63) is 23.9 Å². The van der Waals surface area contributed by atoms with Crippen molar-refractivity contribution in [3.8, 4) is 0 Å². The topological polar surface area (TPSA) is 85.5 Å². The lowest BCUT2D eigenvalue weighted by Crippen LogP contribution is -2.45. The fourth-order valence-electron chi connectivity index (χ4n) is 1.47. The zero-order chi connectivity index (χ0) is 11.5. The third kappa shape index (κ3) is 2.17. The molecule has 16 heavy (non-hydrogen) atoms. The molecule has 0 spiro atoms. The Labute approximate surface area is 92.0 Å². The molecule has 0 saturated carbocycles. The van der Waals surface area contributed by atoms with Crippen LogP contribution in [0.3, 0.4) is 0 Å². The molecule has 1 aromatic rings. The largest absolute Gasteiger partial charge is 0.384 e. The molecule has 6 heteroatoms. The third-order valence-electron chi connectivity index (χ3n) is 2.24. The van der Waals surface area contributed by atoms with Gasteiger partial charge in [-0.15, -0.1) is 0 Å². The minimum atomic E-state index is -0.327. The molecule has 0 aliphatic carbocycles. The van der Waals surface area contributed by atoms with Gasteiger partial charge in [0.15, 0.2) is 0 Å². The zero-order valence-corrected chi connectivity index (χ0v) is 8.55. The number of rotatable bonds is 2. The van der Waals surface area contributed by atoms with Crippen molar-refractivity contribution in [2.45, 2.75) is 6.54 Å². The molecule has 2 heterocycles. The molecule has 0 unspecified atom stereocenters. The summed E-state index contributed by atoms with van der Waals surface area (Å²) in [4.78, 5) is 27.9. The summed E-state index contributed by atoms with van der Waals surface area (Å²) in [6, 6.07) is 3.35. The number of anilines is 1.